The summed E-state index contributed by atoms with van der Waals surface area (Å²) in [6.07, 6.45) is 0.0742. The number of halogens is 1. The van der Waals surface area contributed by atoms with Crippen LogP contribution in [0.1, 0.15) is 6.42 Å². The Morgan fingerprint density at radius 2 is 1.85 bits per heavy atom. The summed E-state index contributed by atoms with van der Waals surface area (Å²) in [6, 6.07) is 14.1. The van der Waals surface area contributed by atoms with E-state index in [0.29, 0.717) is 16.9 Å². The number of para-hydroxylation sites is 1. The third-order valence-electron chi connectivity index (χ3n) is 4.03. The van der Waals surface area contributed by atoms with Gasteiger partial charge in [-0.15, -0.1) is 10.2 Å². The first-order valence-corrected chi connectivity index (χ1v) is 9.67. The highest BCUT2D eigenvalue weighted by Crippen LogP contribution is 2.35. The van der Waals surface area contributed by atoms with Crippen LogP contribution in [-0.4, -0.2) is 27.3 Å². The predicted octanol–water partition coefficient (Wildman–Crippen LogP) is 3.51. The Bertz CT molecular complexity index is 1020. The molecule has 2 amide bonds. The van der Waals surface area contributed by atoms with Gasteiger partial charge in [0.1, 0.15) is 5.25 Å². The highest BCUT2D eigenvalue weighted by molar-refractivity contribution is 9.10. The first kappa shape index (κ1) is 17.7. The Kier molecular flexibility index (Phi) is 4.71. The second-order valence-corrected chi connectivity index (χ2v) is 7.88. The SMILES string of the molecule is Nc1ccccc1-c1nnc(SC2CC(=O)N(c3ccc(Br)cc3)C2=O)o1. The van der Waals surface area contributed by atoms with Crippen molar-refractivity contribution in [3.8, 4) is 11.5 Å². The van der Waals surface area contributed by atoms with Crippen molar-refractivity contribution in [2.45, 2.75) is 16.9 Å². The molecule has 0 saturated carbocycles. The van der Waals surface area contributed by atoms with Gasteiger partial charge in [-0.05, 0) is 36.4 Å². The molecule has 1 unspecified atom stereocenters. The van der Waals surface area contributed by atoms with Crippen LogP contribution in [0.25, 0.3) is 11.5 Å². The molecule has 9 heteroatoms. The zero-order chi connectivity index (χ0) is 19.0. The summed E-state index contributed by atoms with van der Waals surface area (Å²) in [4.78, 5) is 26.2. The normalized spacial score (nSPS) is 16.9. The average Bonchev–Trinajstić information content (AvgIpc) is 3.22. The van der Waals surface area contributed by atoms with Gasteiger partial charge < -0.3 is 10.2 Å². The maximum atomic E-state index is 12.7. The third kappa shape index (κ3) is 3.47. The summed E-state index contributed by atoms with van der Waals surface area (Å²) in [5, 5.41) is 7.57. The molecule has 2 heterocycles. The van der Waals surface area contributed by atoms with Gasteiger partial charge in [0, 0.05) is 16.6 Å². The van der Waals surface area contributed by atoms with E-state index in [2.05, 4.69) is 26.1 Å². The van der Waals surface area contributed by atoms with Crippen LogP contribution in [0, 0.1) is 0 Å². The maximum absolute atomic E-state index is 12.7. The predicted molar refractivity (Wildman–Crippen MR) is 105 cm³/mol. The molecule has 1 aliphatic heterocycles. The quantitative estimate of drug-likeness (QED) is 0.484. The van der Waals surface area contributed by atoms with Crippen molar-refractivity contribution < 1.29 is 14.0 Å². The summed E-state index contributed by atoms with van der Waals surface area (Å²) < 4.78 is 6.50. The molecule has 0 radical (unpaired) electrons. The van der Waals surface area contributed by atoms with Gasteiger partial charge >= 0.3 is 0 Å². The number of amides is 2. The molecule has 3 aromatic rings. The van der Waals surface area contributed by atoms with Gasteiger partial charge in [0.2, 0.25) is 11.8 Å². The number of thioether (sulfide) groups is 1. The molecule has 2 N–H and O–H groups in total. The second-order valence-electron chi connectivity index (χ2n) is 5.81. The second kappa shape index (κ2) is 7.16. The molecule has 27 heavy (non-hydrogen) atoms. The lowest BCUT2D eigenvalue weighted by Gasteiger charge is -2.14. The number of aromatic nitrogens is 2. The van der Waals surface area contributed by atoms with E-state index in [1.165, 1.54) is 4.90 Å². The number of carbonyl (C=O) groups excluding carboxylic acids is 2. The molecule has 1 saturated heterocycles. The number of anilines is 2. The molecule has 1 atom stereocenters. The van der Waals surface area contributed by atoms with Crippen LogP contribution in [0.5, 0.6) is 0 Å². The van der Waals surface area contributed by atoms with Gasteiger partial charge in [0.05, 0.1) is 11.3 Å². The van der Waals surface area contributed by atoms with Crippen LogP contribution in [0.3, 0.4) is 0 Å². The van der Waals surface area contributed by atoms with Gasteiger partial charge in [-0.1, -0.05) is 39.8 Å². The topological polar surface area (TPSA) is 102 Å². The van der Waals surface area contributed by atoms with Crippen LogP contribution in [0.2, 0.25) is 0 Å². The van der Waals surface area contributed by atoms with Gasteiger partial charge in [-0.25, -0.2) is 4.90 Å². The number of hydrogen-bond donors (Lipinski definition) is 1. The van der Waals surface area contributed by atoms with Crippen LogP contribution in [-0.2, 0) is 9.59 Å². The molecule has 7 nitrogen and oxygen atoms in total. The molecular formula is C18H13BrN4O3S. The average molecular weight is 445 g/mol. The highest BCUT2D eigenvalue weighted by Gasteiger charge is 2.41. The number of nitrogens with two attached hydrogens (primary N) is 1. The lowest BCUT2D eigenvalue weighted by Crippen LogP contribution is -2.31. The summed E-state index contributed by atoms with van der Waals surface area (Å²) in [7, 11) is 0. The fourth-order valence-electron chi connectivity index (χ4n) is 2.74. The fraction of sp³-hybridized carbons (Fsp3) is 0.111. The van der Waals surface area contributed by atoms with E-state index < -0.39 is 5.25 Å². The summed E-state index contributed by atoms with van der Waals surface area (Å²) >= 11 is 4.42. The molecule has 0 bridgehead atoms. The van der Waals surface area contributed by atoms with Crippen molar-refractivity contribution in [2.24, 2.45) is 0 Å². The standard InChI is InChI=1S/C18H13BrN4O3S/c19-10-5-7-11(8-6-10)23-15(24)9-14(17(23)25)27-18-22-21-16(26-18)12-3-1-2-4-13(12)20/h1-8,14H,9,20H2. The fourth-order valence-corrected chi connectivity index (χ4v) is 3.89. The van der Waals surface area contributed by atoms with Gasteiger partial charge in [-0.2, -0.15) is 0 Å². The number of imide groups is 1. The van der Waals surface area contributed by atoms with Crippen molar-refractivity contribution in [1.82, 2.24) is 10.2 Å². The van der Waals surface area contributed by atoms with Crippen molar-refractivity contribution in [3.05, 3.63) is 53.0 Å². The Labute approximate surface area is 167 Å². The zero-order valence-electron chi connectivity index (χ0n) is 13.8. The lowest BCUT2D eigenvalue weighted by atomic mass is 10.2. The number of carbonyl (C=O) groups is 2. The Hall–Kier alpha value is -2.65. The van der Waals surface area contributed by atoms with Crippen LogP contribution < -0.4 is 10.6 Å². The van der Waals surface area contributed by atoms with Crippen LogP contribution >= 0.6 is 27.7 Å². The highest BCUT2D eigenvalue weighted by atomic mass is 79.9. The van der Waals surface area contributed by atoms with E-state index in [4.69, 9.17) is 10.2 Å². The van der Waals surface area contributed by atoms with E-state index in [-0.39, 0.29) is 29.3 Å². The molecule has 1 aromatic heterocycles. The van der Waals surface area contributed by atoms with Crippen molar-refractivity contribution in [1.29, 1.82) is 0 Å². The maximum Gasteiger partial charge on any atom is 0.277 e. The monoisotopic (exact) mass is 444 g/mol. The summed E-state index contributed by atoms with van der Waals surface area (Å²) in [5.41, 5.74) is 7.60. The number of benzene rings is 2. The summed E-state index contributed by atoms with van der Waals surface area (Å²) in [5.74, 6) is -0.282. The number of nitrogens with zero attached hydrogens (tertiary/aromatic N) is 3. The minimum absolute atomic E-state index is 0.0742. The van der Waals surface area contributed by atoms with E-state index in [9.17, 15) is 9.59 Å². The number of rotatable bonds is 4. The van der Waals surface area contributed by atoms with Crippen molar-refractivity contribution in [3.63, 3.8) is 0 Å². The number of nitrogen functional groups attached to an aromatic ring is 1. The first-order valence-electron chi connectivity index (χ1n) is 8.00. The van der Waals surface area contributed by atoms with E-state index in [0.717, 1.165) is 16.2 Å². The molecule has 136 valence electrons. The zero-order valence-corrected chi connectivity index (χ0v) is 16.2. The largest absolute Gasteiger partial charge is 0.411 e. The first-order chi connectivity index (χ1) is 13.0. The minimum Gasteiger partial charge on any atom is -0.411 e. The van der Waals surface area contributed by atoms with Crippen LogP contribution in [0.15, 0.2) is 62.6 Å². The molecule has 0 aliphatic carbocycles. The Morgan fingerprint density at radius 3 is 2.59 bits per heavy atom. The van der Waals surface area contributed by atoms with Crippen LogP contribution in [0.4, 0.5) is 11.4 Å². The molecule has 1 fully saturated rings. The molecule has 4 rings (SSSR count). The van der Waals surface area contributed by atoms with E-state index in [1.807, 2.05) is 12.1 Å². The van der Waals surface area contributed by atoms with Crippen molar-refractivity contribution >= 4 is 50.9 Å². The number of hydrogen-bond acceptors (Lipinski definition) is 7. The summed E-state index contributed by atoms with van der Waals surface area (Å²) in [6.45, 7) is 0. The van der Waals surface area contributed by atoms with Gasteiger partial charge in [0.25, 0.3) is 11.1 Å². The Morgan fingerprint density at radius 1 is 1.11 bits per heavy atom. The van der Waals surface area contributed by atoms with E-state index >= 15 is 0 Å². The van der Waals surface area contributed by atoms with Gasteiger partial charge in [-0.3, -0.25) is 9.59 Å². The molecule has 1 aliphatic rings. The smallest absolute Gasteiger partial charge is 0.277 e. The third-order valence-corrected chi connectivity index (χ3v) is 5.58. The molecular weight excluding hydrogens is 432 g/mol. The minimum atomic E-state index is -0.609. The molecule has 2 aromatic carbocycles. The molecule has 0 spiro atoms. The lowest BCUT2D eigenvalue weighted by molar-refractivity contribution is -0.121. The Balaban J connectivity index is 1.52. The van der Waals surface area contributed by atoms with E-state index in [1.54, 1.807) is 36.4 Å². The van der Waals surface area contributed by atoms with Crippen molar-refractivity contribution in [2.75, 3.05) is 10.6 Å². The van der Waals surface area contributed by atoms with Gasteiger partial charge in [0.15, 0.2) is 0 Å².